The van der Waals surface area contributed by atoms with Gasteiger partial charge in [0.2, 0.25) is 5.91 Å². The zero-order valence-corrected chi connectivity index (χ0v) is 23.1. The Kier molecular flexibility index (Phi) is 9.21. The zero-order chi connectivity index (χ0) is 29.7. The van der Waals surface area contributed by atoms with Crippen molar-refractivity contribution in [2.75, 3.05) is 24.1 Å². The molecule has 1 aliphatic rings. The molecule has 1 unspecified atom stereocenters. The Balaban J connectivity index is 0.00000189. The van der Waals surface area contributed by atoms with Crippen LogP contribution in [0.15, 0.2) is 48.9 Å². The van der Waals surface area contributed by atoms with Crippen molar-refractivity contribution in [2.45, 2.75) is 52.4 Å². The lowest BCUT2D eigenvalue weighted by molar-refractivity contribution is -0.132. The van der Waals surface area contributed by atoms with E-state index in [0.29, 0.717) is 42.1 Å². The van der Waals surface area contributed by atoms with Crippen molar-refractivity contribution in [1.82, 2.24) is 24.3 Å². The molecule has 1 saturated heterocycles. The lowest BCUT2D eigenvalue weighted by Crippen LogP contribution is -2.39. The Hall–Kier alpha value is -4.48. The summed E-state index contributed by atoms with van der Waals surface area (Å²) in [4.78, 5) is 39.7. The van der Waals surface area contributed by atoms with Crippen LogP contribution in [0.1, 0.15) is 74.1 Å². The molecule has 9 nitrogen and oxygen atoms in total. The van der Waals surface area contributed by atoms with Crippen LogP contribution >= 0.6 is 0 Å². The molecule has 3 N–H and O–H groups in total. The Morgan fingerprint density at radius 1 is 1.15 bits per heavy atom. The van der Waals surface area contributed by atoms with E-state index in [2.05, 4.69) is 15.3 Å². The monoisotopic (exact) mass is 567 g/mol. The van der Waals surface area contributed by atoms with Crippen molar-refractivity contribution in [3.8, 4) is 11.3 Å². The number of halogens is 3. The first-order valence-corrected chi connectivity index (χ1v) is 13.5. The molecule has 3 aromatic heterocycles. The number of rotatable bonds is 6. The summed E-state index contributed by atoms with van der Waals surface area (Å²) in [5.41, 5.74) is 6.88. The highest BCUT2D eigenvalue weighted by Crippen LogP contribution is 2.34. The van der Waals surface area contributed by atoms with Gasteiger partial charge >= 0.3 is 0 Å². The lowest BCUT2D eigenvalue weighted by atomic mass is 9.97. The fourth-order valence-corrected chi connectivity index (χ4v) is 4.90. The Morgan fingerprint density at radius 2 is 1.93 bits per heavy atom. The van der Waals surface area contributed by atoms with Gasteiger partial charge in [0, 0.05) is 55.1 Å². The molecule has 4 heterocycles. The Labute approximate surface area is 235 Å². The van der Waals surface area contributed by atoms with Crippen LogP contribution in [0.2, 0.25) is 0 Å². The predicted molar refractivity (Wildman–Crippen MR) is 150 cm³/mol. The van der Waals surface area contributed by atoms with Crippen molar-refractivity contribution < 1.29 is 22.8 Å². The zero-order valence-electron chi connectivity index (χ0n) is 23.1. The van der Waals surface area contributed by atoms with Crippen LogP contribution in [0.5, 0.6) is 0 Å². The van der Waals surface area contributed by atoms with Crippen molar-refractivity contribution in [2.24, 2.45) is 0 Å². The highest BCUT2D eigenvalue weighted by molar-refractivity contribution is 6.04. The summed E-state index contributed by atoms with van der Waals surface area (Å²) in [6, 6.07) is 6.16. The van der Waals surface area contributed by atoms with Gasteiger partial charge in [-0.25, -0.2) is 28.1 Å². The van der Waals surface area contributed by atoms with Crippen LogP contribution < -0.4 is 11.1 Å². The van der Waals surface area contributed by atoms with Crippen LogP contribution in [-0.2, 0) is 4.79 Å². The number of nitrogen functional groups attached to an aromatic ring is 1. The number of fused-ring (bicyclic) bond motifs is 1. The molecule has 2 amide bonds. The number of imidazole rings is 1. The van der Waals surface area contributed by atoms with Gasteiger partial charge in [0.25, 0.3) is 12.3 Å². The third-order valence-corrected chi connectivity index (χ3v) is 6.82. The molecule has 5 rings (SSSR count). The van der Waals surface area contributed by atoms with Crippen LogP contribution in [0, 0.1) is 5.82 Å². The van der Waals surface area contributed by atoms with E-state index in [1.165, 1.54) is 18.2 Å². The van der Waals surface area contributed by atoms with Crippen LogP contribution in [0.25, 0.3) is 16.8 Å². The van der Waals surface area contributed by atoms with Gasteiger partial charge in [-0.15, -0.1) is 0 Å². The predicted octanol–water partition coefficient (Wildman–Crippen LogP) is 5.84. The highest BCUT2D eigenvalue weighted by Gasteiger charge is 2.29. The molecule has 1 aliphatic heterocycles. The number of nitrogens with two attached hydrogens (primary N) is 1. The third-order valence-electron chi connectivity index (χ3n) is 6.82. The van der Waals surface area contributed by atoms with E-state index in [-0.39, 0.29) is 34.6 Å². The smallest absolute Gasteiger partial charge is 0.264 e. The number of carbonyl (C=O) groups excluding carboxylic acids is 2. The van der Waals surface area contributed by atoms with Crippen LogP contribution in [-0.4, -0.2) is 49.2 Å². The molecule has 0 saturated carbocycles. The Morgan fingerprint density at radius 3 is 2.63 bits per heavy atom. The molecule has 41 heavy (non-hydrogen) atoms. The average Bonchev–Trinajstić information content (AvgIpc) is 3.39. The van der Waals surface area contributed by atoms with Gasteiger partial charge < -0.3 is 16.0 Å². The fourth-order valence-electron chi connectivity index (χ4n) is 4.90. The van der Waals surface area contributed by atoms with Gasteiger partial charge in [0.15, 0.2) is 0 Å². The van der Waals surface area contributed by atoms with Gasteiger partial charge in [-0.1, -0.05) is 26.8 Å². The van der Waals surface area contributed by atoms with Gasteiger partial charge in [-0.2, -0.15) is 0 Å². The minimum Gasteiger partial charge on any atom is -0.382 e. The minimum absolute atomic E-state index is 0.0521. The maximum absolute atomic E-state index is 15.2. The number of piperidine rings is 1. The van der Waals surface area contributed by atoms with Crippen LogP contribution in [0.4, 0.5) is 24.8 Å². The first-order chi connectivity index (χ1) is 19.8. The first-order valence-electron chi connectivity index (χ1n) is 13.5. The standard InChI is InChI=1S/C27H26F3N7O2.C2H6/c1-2-21(38)36-10-3-4-17(14-36)26-35-22(23-25(31)33-9-11-37(23)26)15-5-6-18(19(28)12-15)27(39)34-20-13-16(24(29)30)7-8-32-20;1-2/h5-9,11-13,17,24H,2-4,10,14H2,1H3,(H2,31,33)(H,32,34,39);1-2H3. The molecule has 12 heteroatoms. The SMILES string of the molecule is CC.CCC(=O)N1CCCC(c2nc(-c3ccc(C(=O)Nc4cc(C(F)F)ccn4)c(F)c3)c3c(N)nccn23)C1. The summed E-state index contributed by atoms with van der Waals surface area (Å²) in [5.74, 6) is -0.869. The van der Waals surface area contributed by atoms with E-state index in [1.54, 1.807) is 12.4 Å². The van der Waals surface area contributed by atoms with Crippen molar-refractivity contribution in [3.63, 3.8) is 0 Å². The first kappa shape index (κ1) is 29.5. The average molecular weight is 568 g/mol. The Bertz CT molecular complexity index is 1560. The van der Waals surface area contributed by atoms with Gasteiger partial charge in [-0.3, -0.25) is 14.0 Å². The number of alkyl halides is 2. The minimum atomic E-state index is -2.74. The van der Waals surface area contributed by atoms with Crippen molar-refractivity contribution in [1.29, 1.82) is 0 Å². The molecule has 0 aliphatic carbocycles. The second-order valence-corrected chi connectivity index (χ2v) is 9.31. The highest BCUT2D eigenvalue weighted by atomic mass is 19.3. The fraction of sp³-hybridized carbons (Fsp3) is 0.345. The molecule has 1 aromatic carbocycles. The van der Waals surface area contributed by atoms with Gasteiger partial charge in [-0.05, 0) is 37.1 Å². The van der Waals surface area contributed by atoms with E-state index in [0.717, 1.165) is 31.2 Å². The normalized spacial score (nSPS) is 15.0. The summed E-state index contributed by atoms with van der Waals surface area (Å²) in [7, 11) is 0. The molecule has 1 fully saturated rings. The molecular formula is C29H32F3N7O2. The number of hydrogen-bond donors (Lipinski definition) is 2. The van der Waals surface area contributed by atoms with E-state index >= 15 is 4.39 Å². The second kappa shape index (κ2) is 12.8. The number of benzene rings is 1. The number of carbonyl (C=O) groups is 2. The molecule has 4 aromatic rings. The van der Waals surface area contributed by atoms with Crippen molar-refractivity contribution >= 4 is 29.0 Å². The molecule has 0 spiro atoms. The number of nitrogens with one attached hydrogen (secondary N) is 1. The largest absolute Gasteiger partial charge is 0.382 e. The van der Waals surface area contributed by atoms with E-state index < -0.39 is 18.1 Å². The number of pyridine rings is 1. The lowest BCUT2D eigenvalue weighted by Gasteiger charge is -2.32. The number of nitrogens with zero attached hydrogens (tertiary/aromatic N) is 5. The van der Waals surface area contributed by atoms with Crippen molar-refractivity contribution in [3.05, 3.63) is 71.7 Å². The summed E-state index contributed by atoms with van der Waals surface area (Å²) >= 11 is 0. The number of amides is 2. The third kappa shape index (κ3) is 6.16. The quantitative estimate of drug-likeness (QED) is 0.302. The van der Waals surface area contributed by atoms with E-state index in [9.17, 15) is 18.4 Å². The summed E-state index contributed by atoms with van der Waals surface area (Å²) in [6.07, 6.45) is 3.76. The summed E-state index contributed by atoms with van der Waals surface area (Å²) in [5, 5.41) is 2.35. The number of hydrogen-bond acceptors (Lipinski definition) is 6. The maximum atomic E-state index is 15.2. The number of anilines is 2. The van der Waals surface area contributed by atoms with E-state index in [1.807, 2.05) is 30.1 Å². The molecule has 216 valence electrons. The van der Waals surface area contributed by atoms with Gasteiger partial charge in [0.1, 0.15) is 34.5 Å². The van der Waals surface area contributed by atoms with Gasteiger partial charge in [0.05, 0.1) is 5.56 Å². The molecule has 1 atom stereocenters. The summed E-state index contributed by atoms with van der Waals surface area (Å²) in [6.45, 7) is 7.04. The molecule has 0 bridgehead atoms. The van der Waals surface area contributed by atoms with Crippen LogP contribution in [0.3, 0.4) is 0 Å². The summed E-state index contributed by atoms with van der Waals surface area (Å²) < 4.78 is 43.0. The molecular weight excluding hydrogens is 535 g/mol. The number of likely N-dealkylation sites (tertiary alicyclic amines) is 1. The second-order valence-electron chi connectivity index (χ2n) is 9.31. The van der Waals surface area contributed by atoms with E-state index in [4.69, 9.17) is 10.7 Å². The molecule has 0 radical (unpaired) electrons. The number of aromatic nitrogens is 4. The topological polar surface area (TPSA) is 119 Å². The maximum Gasteiger partial charge on any atom is 0.264 e.